The number of carbonyl (C=O) groups excluding carboxylic acids is 1. The molecule has 150 valence electrons. The Kier molecular flexibility index (Phi) is 7.99. The Morgan fingerprint density at radius 1 is 1.22 bits per heavy atom. The van der Waals surface area contributed by atoms with Crippen LogP contribution in [0.15, 0.2) is 29.3 Å². The zero-order chi connectivity index (χ0) is 19.7. The third-order valence-electron chi connectivity index (χ3n) is 4.41. The van der Waals surface area contributed by atoms with E-state index in [2.05, 4.69) is 39.7 Å². The molecule has 1 amide bonds. The Bertz CT molecular complexity index is 627. The Morgan fingerprint density at radius 2 is 1.89 bits per heavy atom. The standard InChI is InChI=1S/C19H30FN5O2/c1-4-21-18(23-14-19(2,3)25-9-11-27-12-10-25)22-13-17(26)24-16-7-5-15(20)6-8-16/h5-8H,4,9-14H2,1-3H3,(H,24,26)(H2,21,22,23). The van der Waals surface area contributed by atoms with Crippen LogP contribution < -0.4 is 16.0 Å². The predicted molar refractivity (Wildman–Crippen MR) is 105 cm³/mol. The van der Waals surface area contributed by atoms with Gasteiger partial charge in [0.05, 0.1) is 13.2 Å². The SMILES string of the molecule is CCNC(=NCC(=O)Nc1ccc(F)cc1)NCC(C)(C)N1CCOCC1. The van der Waals surface area contributed by atoms with Crippen LogP contribution in [-0.4, -0.2) is 68.2 Å². The molecule has 0 spiro atoms. The van der Waals surface area contributed by atoms with Crippen molar-refractivity contribution in [2.75, 3.05) is 51.3 Å². The summed E-state index contributed by atoms with van der Waals surface area (Å²) in [5, 5.41) is 9.16. The van der Waals surface area contributed by atoms with Crippen LogP contribution in [0.25, 0.3) is 0 Å². The maximum absolute atomic E-state index is 12.9. The van der Waals surface area contributed by atoms with Crippen LogP contribution in [0.1, 0.15) is 20.8 Å². The highest BCUT2D eigenvalue weighted by Crippen LogP contribution is 2.15. The number of ether oxygens (including phenoxy) is 1. The van der Waals surface area contributed by atoms with Crippen molar-refractivity contribution in [3.63, 3.8) is 0 Å². The van der Waals surface area contributed by atoms with Crippen LogP contribution in [0.3, 0.4) is 0 Å². The lowest BCUT2D eigenvalue weighted by atomic mass is 10.0. The van der Waals surface area contributed by atoms with Gasteiger partial charge < -0.3 is 20.7 Å². The number of guanidine groups is 1. The van der Waals surface area contributed by atoms with Crippen LogP contribution in [0.5, 0.6) is 0 Å². The predicted octanol–water partition coefficient (Wildman–Crippen LogP) is 1.43. The van der Waals surface area contributed by atoms with E-state index in [-0.39, 0.29) is 23.8 Å². The first kappa shape index (κ1) is 21.1. The highest BCUT2D eigenvalue weighted by molar-refractivity contribution is 5.94. The molecule has 0 atom stereocenters. The number of hydrogen-bond donors (Lipinski definition) is 3. The molecule has 0 unspecified atom stereocenters. The van der Waals surface area contributed by atoms with Crippen LogP contribution in [-0.2, 0) is 9.53 Å². The summed E-state index contributed by atoms with van der Waals surface area (Å²) in [7, 11) is 0. The fraction of sp³-hybridized carbons (Fsp3) is 0.579. The van der Waals surface area contributed by atoms with Crippen molar-refractivity contribution in [1.29, 1.82) is 0 Å². The van der Waals surface area contributed by atoms with Gasteiger partial charge in [-0.1, -0.05) is 0 Å². The Hall–Kier alpha value is -2.19. The Labute approximate surface area is 160 Å². The summed E-state index contributed by atoms with van der Waals surface area (Å²) in [4.78, 5) is 18.8. The molecule has 7 nitrogen and oxygen atoms in total. The van der Waals surface area contributed by atoms with Crippen molar-refractivity contribution in [2.45, 2.75) is 26.3 Å². The molecule has 0 bridgehead atoms. The number of benzene rings is 1. The number of hydrogen-bond acceptors (Lipinski definition) is 4. The van der Waals surface area contributed by atoms with Gasteiger partial charge in [-0.25, -0.2) is 9.38 Å². The summed E-state index contributed by atoms with van der Waals surface area (Å²) in [5.41, 5.74) is 0.485. The molecule has 3 N–H and O–H groups in total. The molecule has 1 saturated heterocycles. The molecule has 0 saturated carbocycles. The number of nitrogens with zero attached hydrogens (tertiary/aromatic N) is 2. The summed E-state index contributed by atoms with van der Waals surface area (Å²) in [6, 6.07) is 5.65. The average Bonchev–Trinajstić information content (AvgIpc) is 2.66. The summed E-state index contributed by atoms with van der Waals surface area (Å²) >= 11 is 0. The molecule has 1 aromatic rings. The summed E-state index contributed by atoms with van der Waals surface area (Å²) in [5.74, 6) is -0.00752. The van der Waals surface area contributed by atoms with Gasteiger partial charge in [0.1, 0.15) is 12.4 Å². The smallest absolute Gasteiger partial charge is 0.246 e. The second-order valence-electron chi connectivity index (χ2n) is 7.02. The fourth-order valence-corrected chi connectivity index (χ4v) is 2.81. The van der Waals surface area contributed by atoms with Gasteiger partial charge in [-0.2, -0.15) is 0 Å². The molecule has 1 aliphatic rings. The molecule has 0 radical (unpaired) electrons. The van der Waals surface area contributed by atoms with E-state index in [0.29, 0.717) is 24.7 Å². The van der Waals surface area contributed by atoms with Gasteiger partial charge in [0.15, 0.2) is 5.96 Å². The molecule has 1 heterocycles. The van der Waals surface area contributed by atoms with Crippen LogP contribution in [0.4, 0.5) is 10.1 Å². The molecule has 0 aromatic heterocycles. The first-order chi connectivity index (χ1) is 12.9. The van der Waals surface area contributed by atoms with Crippen LogP contribution in [0.2, 0.25) is 0 Å². The zero-order valence-electron chi connectivity index (χ0n) is 16.3. The largest absolute Gasteiger partial charge is 0.379 e. The van der Waals surface area contributed by atoms with Crippen molar-refractivity contribution >= 4 is 17.6 Å². The van der Waals surface area contributed by atoms with Crippen molar-refractivity contribution < 1.29 is 13.9 Å². The van der Waals surface area contributed by atoms with Gasteiger partial charge in [-0.15, -0.1) is 0 Å². The number of halogens is 1. The zero-order valence-corrected chi connectivity index (χ0v) is 16.3. The Balaban J connectivity index is 1.86. The number of aliphatic imine (C=N–C) groups is 1. The number of rotatable bonds is 7. The van der Waals surface area contributed by atoms with E-state index in [1.54, 1.807) is 0 Å². The highest BCUT2D eigenvalue weighted by atomic mass is 19.1. The molecule has 27 heavy (non-hydrogen) atoms. The van der Waals surface area contributed by atoms with Crippen LogP contribution >= 0.6 is 0 Å². The highest BCUT2D eigenvalue weighted by Gasteiger charge is 2.28. The monoisotopic (exact) mass is 379 g/mol. The van der Waals surface area contributed by atoms with Gasteiger partial charge in [0.2, 0.25) is 5.91 Å². The van der Waals surface area contributed by atoms with Gasteiger partial charge in [0, 0.05) is 37.4 Å². The third kappa shape index (κ3) is 7.15. The van der Waals surface area contributed by atoms with E-state index in [0.717, 1.165) is 26.3 Å². The van der Waals surface area contributed by atoms with Gasteiger partial charge >= 0.3 is 0 Å². The van der Waals surface area contributed by atoms with E-state index < -0.39 is 0 Å². The van der Waals surface area contributed by atoms with E-state index >= 15 is 0 Å². The summed E-state index contributed by atoms with van der Waals surface area (Å²) in [6.45, 7) is 11.0. The minimum absolute atomic E-state index is 0.0231. The normalized spacial score (nSPS) is 16.1. The quantitative estimate of drug-likeness (QED) is 0.494. The van der Waals surface area contributed by atoms with Crippen molar-refractivity contribution in [3.05, 3.63) is 30.1 Å². The maximum Gasteiger partial charge on any atom is 0.246 e. The molecular formula is C19H30FN5O2. The number of amides is 1. The maximum atomic E-state index is 12.9. The number of anilines is 1. The first-order valence-electron chi connectivity index (χ1n) is 9.31. The lowest BCUT2D eigenvalue weighted by molar-refractivity contribution is -0.114. The fourth-order valence-electron chi connectivity index (χ4n) is 2.81. The van der Waals surface area contributed by atoms with Gasteiger partial charge in [0.25, 0.3) is 0 Å². The van der Waals surface area contributed by atoms with E-state index in [1.807, 2.05) is 6.92 Å². The Morgan fingerprint density at radius 3 is 2.52 bits per heavy atom. The molecule has 2 rings (SSSR count). The second-order valence-corrected chi connectivity index (χ2v) is 7.02. The van der Waals surface area contributed by atoms with Crippen molar-refractivity contribution in [1.82, 2.24) is 15.5 Å². The molecule has 1 aliphatic heterocycles. The minimum Gasteiger partial charge on any atom is -0.379 e. The van der Waals surface area contributed by atoms with E-state index in [9.17, 15) is 9.18 Å². The first-order valence-corrected chi connectivity index (χ1v) is 9.31. The molecule has 8 heteroatoms. The number of nitrogens with one attached hydrogen (secondary N) is 3. The second kappa shape index (κ2) is 10.2. The molecule has 1 fully saturated rings. The average molecular weight is 379 g/mol. The lowest BCUT2D eigenvalue weighted by Gasteiger charge is -2.41. The molecule has 1 aromatic carbocycles. The molecule has 0 aliphatic carbocycles. The van der Waals surface area contributed by atoms with Crippen molar-refractivity contribution in [3.8, 4) is 0 Å². The third-order valence-corrected chi connectivity index (χ3v) is 4.41. The lowest BCUT2D eigenvalue weighted by Crippen LogP contribution is -2.56. The number of carbonyl (C=O) groups is 1. The minimum atomic E-state index is -0.340. The van der Waals surface area contributed by atoms with Gasteiger partial charge in [-0.3, -0.25) is 9.69 Å². The summed E-state index contributed by atoms with van der Waals surface area (Å²) in [6.07, 6.45) is 0. The van der Waals surface area contributed by atoms with E-state index in [1.165, 1.54) is 24.3 Å². The van der Waals surface area contributed by atoms with Crippen LogP contribution in [0, 0.1) is 5.82 Å². The topological polar surface area (TPSA) is 78.0 Å². The molecular weight excluding hydrogens is 349 g/mol. The van der Waals surface area contributed by atoms with Crippen molar-refractivity contribution in [2.24, 2.45) is 4.99 Å². The van der Waals surface area contributed by atoms with Gasteiger partial charge in [-0.05, 0) is 45.0 Å². The summed E-state index contributed by atoms with van der Waals surface area (Å²) < 4.78 is 18.3. The van der Waals surface area contributed by atoms with E-state index in [4.69, 9.17) is 4.74 Å². The number of morpholine rings is 1.